The molecule has 0 unspecified atom stereocenters. The van der Waals surface area contributed by atoms with Gasteiger partial charge in [-0.1, -0.05) is 23.2 Å². The SMILES string of the molecule is COc1cc2c(Nc3ccc(Cl)c(Cl)c3)ncnc2cc1OCc1nc(N2CCN(C)CC2)no1. The van der Waals surface area contributed by atoms with Gasteiger partial charge in [0.2, 0.25) is 0 Å². The van der Waals surface area contributed by atoms with E-state index in [1.165, 1.54) is 6.33 Å². The second kappa shape index (κ2) is 10.1. The maximum absolute atomic E-state index is 6.14. The largest absolute Gasteiger partial charge is 0.493 e. The number of piperazine rings is 1. The van der Waals surface area contributed by atoms with Crippen LogP contribution < -0.4 is 19.7 Å². The van der Waals surface area contributed by atoms with Crippen LogP contribution in [-0.4, -0.2) is 65.3 Å². The molecule has 1 fully saturated rings. The molecule has 1 saturated heterocycles. The van der Waals surface area contributed by atoms with E-state index >= 15 is 0 Å². The van der Waals surface area contributed by atoms with Crippen molar-refractivity contribution >= 4 is 51.6 Å². The lowest BCUT2D eigenvalue weighted by Gasteiger charge is -2.31. The van der Waals surface area contributed by atoms with E-state index in [1.54, 1.807) is 25.3 Å². The van der Waals surface area contributed by atoms with Crippen molar-refractivity contribution < 1.29 is 14.0 Å². The number of nitrogens with zero attached hydrogens (tertiary/aromatic N) is 6. The van der Waals surface area contributed by atoms with Gasteiger partial charge in [-0.05, 0) is 36.5 Å². The van der Waals surface area contributed by atoms with Gasteiger partial charge in [0, 0.05) is 43.3 Å². The summed E-state index contributed by atoms with van der Waals surface area (Å²) in [6, 6.07) is 8.86. The zero-order valence-electron chi connectivity index (χ0n) is 19.2. The zero-order chi connectivity index (χ0) is 24.4. The first kappa shape index (κ1) is 23.4. The lowest BCUT2D eigenvalue weighted by atomic mass is 10.2. The smallest absolute Gasteiger partial charge is 0.266 e. The molecule has 0 aliphatic carbocycles. The van der Waals surface area contributed by atoms with Crippen LogP contribution in [-0.2, 0) is 6.61 Å². The van der Waals surface area contributed by atoms with Gasteiger partial charge < -0.3 is 29.1 Å². The van der Waals surface area contributed by atoms with Crippen LogP contribution >= 0.6 is 23.2 Å². The Morgan fingerprint density at radius 3 is 2.63 bits per heavy atom. The summed E-state index contributed by atoms with van der Waals surface area (Å²) in [7, 11) is 3.67. The van der Waals surface area contributed by atoms with Gasteiger partial charge in [-0.15, -0.1) is 0 Å². The molecule has 5 rings (SSSR count). The fourth-order valence-corrected chi connectivity index (χ4v) is 4.02. The summed E-state index contributed by atoms with van der Waals surface area (Å²) in [6.07, 6.45) is 1.47. The Bertz CT molecular complexity index is 1340. The van der Waals surface area contributed by atoms with Crippen molar-refractivity contribution in [2.75, 3.05) is 50.6 Å². The standard InChI is InChI=1S/C23H23Cl2N7O3/c1-31-5-7-32(8-6-31)23-29-21(35-30-23)12-34-20-11-18-15(10-19(20)33-2)22(27-13-26-18)28-14-3-4-16(24)17(25)9-14/h3-4,9-11,13H,5-8,12H2,1-2H3,(H,26,27,28). The molecule has 12 heteroatoms. The molecule has 1 N–H and O–H groups in total. The molecule has 4 aromatic rings. The van der Waals surface area contributed by atoms with Crippen LogP contribution in [0.3, 0.4) is 0 Å². The topological polar surface area (TPSA) is 102 Å². The molecule has 1 aliphatic rings. The molecule has 0 amide bonds. The zero-order valence-corrected chi connectivity index (χ0v) is 20.7. The van der Waals surface area contributed by atoms with Crippen molar-refractivity contribution in [1.82, 2.24) is 25.0 Å². The molecular weight excluding hydrogens is 493 g/mol. The van der Waals surface area contributed by atoms with Gasteiger partial charge in [0.1, 0.15) is 12.1 Å². The third-order valence-corrected chi connectivity index (χ3v) is 6.44. The van der Waals surface area contributed by atoms with Gasteiger partial charge in [0.05, 0.1) is 22.7 Å². The Labute approximate surface area is 211 Å². The molecule has 0 spiro atoms. The molecule has 2 aromatic heterocycles. The van der Waals surface area contributed by atoms with E-state index in [0.29, 0.717) is 44.7 Å². The quantitative estimate of drug-likeness (QED) is 0.380. The second-order valence-corrected chi connectivity index (χ2v) is 8.88. The number of likely N-dealkylation sites (N-methyl/N-ethyl adjacent to an activating group) is 1. The van der Waals surface area contributed by atoms with Crippen molar-refractivity contribution in [1.29, 1.82) is 0 Å². The van der Waals surface area contributed by atoms with E-state index in [1.807, 2.05) is 12.1 Å². The number of hydrogen-bond donors (Lipinski definition) is 1. The number of rotatable bonds is 7. The highest BCUT2D eigenvalue weighted by Gasteiger charge is 2.20. The fourth-order valence-electron chi connectivity index (χ4n) is 3.73. The van der Waals surface area contributed by atoms with Crippen LogP contribution in [0.1, 0.15) is 5.89 Å². The minimum absolute atomic E-state index is 0.0993. The lowest BCUT2D eigenvalue weighted by molar-refractivity contribution is 0.233. The van der Waals surface area contributed by atoms with Crippen LogP contribution in [0.5, 0.6) is 11.5 Å². The molecule has 1 aliphatic heterocycles. The molecule has 0 bridgehead atoms. The summed E-state index contributed by atoms with van der Waals surface area (Å²) in [5.74, 6) is 2.56. The Kier molecular flexibility index (Phi) is 6.76. The van der Waals surface area contributed by atoms with E-state index in [-0.39, 0.29) is 6.61 Å². The van der Waals surface area contributed by atoms with Gasteiger partial charge >= 0.3 is 0 Å². The summed E-state index contributed by atoms with van der Waals surface area (Å²) < 4.78 is 16.9. The van der Waals surface area contributed by atoms with Gasteiger partial charge in [-0.3, -0.25) is 0 Å². The normalized spacial score (nSPS) is 14.3. The Morgan fingerprint density at radius 1 is 1.03 bits per heavy atom. The summed E-state index contributed by atoms with van der Waals surface area (Å²) >= 11 is 12.2. The molecule has 0 atom stereocenters. The second-order valence-electron chi connectivity index (χ2n) is 8.06. The number of fused-ring (bicyclic) bond motifs is 1. The van der Waals surface area contributed by atoms with Crippen molar-refractivity contribution in [2.45, 2.75) is 6.61 Å². The van der Waals surface area contributed by atoms with Crippen LogP contribution in [0, 0.1) is 0 Å². The van der Waals surface area contributed by atoms with Crippen LogP contribution in [0.15, 0.2) is 41.2 Å². The number of hydrogen-bond acceptors (Lipinski definition) is 10. The minimum Gasteiger partial charge on any atom is -0.493 e. The highest BCUT2D eigenvalue weighted by Crippen LogP contribution is 2.35. The summed E-state index contributed by atoms with van der Waals surface area (Å²) in [4.78, 5) is 17.6. The van der Waals surface area contributed by atoms with E-state index in [9.17, 15) is 0 Å². The van der Waals surface area contributed by atoms with Crippen molar-refractivity contribution in [3.63, 3.8) is 0 Å². The number of benzene rings is 2. The van der Waals surface area contributed by atoms with Crippen LogP contribution in [0.25, 0.3) is 10.9 Å². The number of halogens is 2. The fraction of sp³-hybridized carbons (Fsp3) is 0.304. The number of anilines is 3. The summed E-state index contributed by atoms with van der Waals surface area (Å²) in [5, 5.41) is 9.01. The molecule has 0 saturated carbocycles. The van der Waals surface area contributed by atoms with Crippen molar-refractivity contribution in [3.05, 3.63) is 52.6 Å². The Hall–Kier alpha value is -3.34. The predicted octanol–water partition coefficient (Wildman–Crippen LogP) is 4.40. The number of aromatic nitrogens is 4. The van der Waals surface area contributed by atoms with Gasteiger partial charge in [-0.2, -0.15) is 4.98 Å². The van der Waals surface area contributed by atoms with Gasteiger partial charge in [-0.25, -0.2) is 9.97 Å². The molecule has 10 nitrogen and oxygen atoms in total. The highest BCUT2D eigenvalue weighted by atomic mass is 35.5. The lowest BCUT2D eigenvalue weighted by Crippen LogP contribution is -2.44. The van der Waals surface area contributed by atoms with E-state index < -0.39 is 0 Å². The number of methoxy groups -OCH3 is 1. The number of nitrogens with one attached hydrogen (secondary N) is 1. The van der Waals surface area contributed by atoms with Crippen molar-refractivity contribution in [2.24, 2.45) is 0 Å². The highest BCUT2D eigenvalue weighted by molar-refractivity contribution is 6.42. The molecular formula is C23H23Cl2N7O3. The third-order valence-electron chi connectivity index (χ3n) is 5.70. The third kappa shape index (κ3) is 5.19. The summed E-state index contributed by atoms with van der Waals surface area (Å²) in [6.45, 7) is 3.72. The maximum atomic E-state index is 6.14. The van der Waals surface area contributed by atoms with E-state index in [2.05, 4.69) is 42.3 Å². The molecule has 35 heavy (non-hydrogen) atoms. The minimum atomic E-state index is 0.0993. The van der Waals surface area contributed by atoms with Crippen LogP contribution in [0.2, 0.25) is 10.0 Å². The molecule has 2 aromatic carbocycles. The Morgan fingerprint density at radius 2 is 1.86 bits per heavy atom. The van der Waals surface area contributed by atoms with E-state index in [0.717, 1.165) is 37.3 Å². The Balaban J connectivity index is 1.34. The molecule has 0 radical (unpaired) electrons. The average Bonchev–Trinajstić information content (AvgIpc) is 3.34. The van der Waals surface area contributed by atoms with Crippen molar-refractivity contribution in [3.8, 4) is 11.5 Å². The molecule has 182 valence electrons. The van der Waals surface area contributed by atoms with Gasteiger partial charge in [0.15, 0.2) is 18.1 Å². The first-order valence-electron chi connectivity index (χ1n) is 10.9. The first-order valence-corrected chi connectivity index (χ1v) is 11.7. The van der Waals surface area contributed by atoms with Gasteiger partial charge in [0.25, 0.3) is 11.8 Å². The molecule has 3 heterocycles. The first-order chi connectivity index (χ1) is 17.0. The monoisotopic (exact) mass is 515 g/mol. The van der Waals surface area contributed by atoms with E-state index in [4.69, 9.17) is 37.2 Å². The summed E-state index contributed by atoms with van der Waals surface area (Å²) in [5.41, 5.74) is 1.41. The predicted molar refractivity (Wildman–Crippen MR) is 134 cm³/mol. The maximum Gasteiger partial charge on any atom is 0.266 e. The number of ether oxygens (including phenoxy) is 2. The average molecular weight is 516 g/mol. The van der Waals surface area contributed by atoms with Crippen LogP contribution in [0.4, 0.5) is 17.5 Å².